The molecular formula is C15H15ClFNO2. The van der Waals surface area contributed by atoms with Crippen molar-refractivity contribution in [1.82, 2.24) is 5.32 Å². The van der Waals surface area contributed by atoms with Crippen LogP contribution in [-0.4, -0.2) is 6.04 Å². The van der Waals surface area contributed by atoms with Crippen LogP contribution < -0.4 is 10.1 Å². The fraction of sp³-hybridized carbons (Fsp3) is 0.333. The molecule has 0 bridgehead atoms. The minimum absolute atomic E-state index is 0.0926. The maximum Gasteiger partial charge on any atom is 0.145 e. The average Bonchev–Trinajstić information content (AvgIpc) is 3.16. The lowest BCUT2D eigenvalue weighted by Crippen LogP contribution is -2.16. The molecule has 1 saturated carbocycles. The summed E-state index contributed by atoms with van der Waals surface area (Å²) in [7, 11) is 0. The molecule has 20 heavy (non-hydrogen) atoms. The molecule has 1 heterocycles. The topological polar surface area (TPSA) is 34.4 Å². The highest BCUT2D eigenvalue weighted by Gasteiger charge is 2.21. The lowest BCUT2D eigenvalue weighted by atomic mass is 10.2. The second-order valence-corrected chi connectivity index (χ2v) is 5.30. The first-order chi connectivity index (χ1) is 9.72. The van der Waals surface area contributed by atoms with E-state index in [4.69, 9.17) is 20.8 Å². The van der Waals surface area contributed by atoms with Gasteiger partial charge in [0, 0.05) is 17.7 Å². The van der Waals surface area contributed by atoms with Crippen molar-refractivity contribution in [3.8, 4) is 5.75 Å². The Morgan fingerprint density at radius 3 is 2.95 bits per heavy atom. The summed E-state index contributed by atoms with van der Waals surface area (Å²) in [6, 6.07) is 6.91. The second-order valence-electron chi connectivity index (χ2n) is 4.89. The van der Waals surface area contributed by atoms with Gasteiger partial charge in [0.1, 0.15) is 23.9 Å². The van der Waals surface area contributed by atoms with Gasteiger partial charge in [0.2, 0.25) is 0 Å². The summed E-state index contributed by atoms with van der Waals surface area (Å²) in [6.45, 7) is 1.05. The smallest absolute Gasteiger partial charge is 0.145 e. The number of benzene rings is 1. The third-order valence-corrected chi connectivity index (χ3v) is 3.56. The number of hydrogen-bond donors (Lipinski definition) is 1. The predicted octanol–water partition coefficient (Wildman–Crippen LogP) is 3.90. The van der Waals surface area contributed by atoms with Gasteiger partial charge in [-0.3, -0.25) is 0 Å². The third kappa shape index (κ3) is 3.32. The number of nitrogens with one attached hydrogen (secondary N) is 1. The van der Waals surface area contributed by atoms with Crippen molar-refractivity contribution in [3.05, 3.63) is 52.7 Å². The van der Waals surface area contributed by atoms with E-state index in [9.17, 15) is 4.39 Å². The van der Waals surface area contributed by atoms with Crippen LogP contribution in [0.4, 0.5) is 4.39 Å². The van der Waals surface area contributed by atoms with Crippen LogP contribution in [0.5, 0.6) is 5.75 Å². The van der Waals surface area contributed by atoms with Crippen molar-refractivity contribution >= 4 is 11.6 Å². The van der Waals surface area contributed by atoms with E-state index in [1.807, 2.05) is 6.07 Å². The zero-order valence-electron chi connectivity index (χ0n) is 10.9. The van der Waals surface area contributed by atoms with E-state index >= 15 is 0 Å². The van der Waals surface area contributed by atoms with E-state index in [1.165, 1.54) is 25.0 Å². The quantitative estimate of drug-likeness (QED) is 0.877. The number of hydrogen-bond acceptors (Lipinski definition) is 3. The Morgan fingerprint density at radius 1 is 1.35 bits per heavy atom. The maximum absolute atomic E-state index is 13.3. The minimum atomic E-state index is -0.480. The lowest BCUT2D eigenvalue weighted by molar-refractivity contribution is 0.299. The molecule has 106 valence electrons. The standard InChI is InChI=1S/C15H15ClFNO2/c16-13-4-3-12(7-14(13)17)20-9-10-5-6-19-15(10)8-18-11-1-2-11/h3-7,11,18H,1-2,8-9H2. The van der Waals surface area contributed by atoms with Gasteiger partial charge in [-0.15, -0.1) is 0 Å². The van der Waals surface area contributed by atoms with Gasteiger partial charge in [-0.1, -0.05) is 11.6 Å². The molecule has 1 N–H and O–H groups in total. The summed E-state index contributed by atoms with van der Waals surface area (Å²) in [5.41, 5.74) is 0.966. The molecule has 1 aliphatic rings. The molecule has 1 fully saturated rings. The maximum atomic E-state index is 13.3. The molecular weight excluding hydrogens is 281 g/mol. The average molecular weight is 296 g/mol. The summed E-state index contributed by atoms with van der Waals surface area (Å²) in [5, 5.41) is 3.48. The minimum Gasteiger partial charge on any atom is -0.489 e. The molecule has 0 saturated heterocycles. The summed E-state index contributed by atoms with van der Waals surface area (Å²) >= 11 is 5.63. The largest absolute Gasteiger partial charge is 0.489 e. The van der Waals surface area contributed by atoms with Crippen LogP contribution in [0.2, 0.25) is 5.02 Å². The fourth-order valence-electron chi connectivity index (χ4n) is 1.90. The fourth-order valence-corrected chi connectivity index (χ4v) is 2.02. The highest BCUT2D eigenvalue weighted by atomic mass is 35.5. The summed E-state index contributed by atoms with van der Waals surface area (Å²) in [5.74, 6) is 0.840. The first-order valence-electron chi connectivity index (χ1n) is 6.59. The first kappa shape index (κ1) is 13.5. The molecule has 0 aliphatic heterocycles. The summed E-state index contributed by atoms with van der Waals surface area (Å²) in [4.78, 5) is 0. The van der Waals surface area contributed by atoms with Crippen molar-refractivity contribution in [2.45, 2.75) is 32.0 Å². The Balaban J connectivity index is 1.59. The SMILES string of the molecule is Fc1cc(OCc2ccoc2CNC2CC2)ccc1Cl. The van der Waals surface area contributed by atoms with E-state index in [2.05, 4.69) is 5.32 Å². The molecule has 1 aromatic carbocycles. The number of rotatable bonds is 6. The number of furan rings is 1. The number of halogens is 2. The van der Waals surface area contributed by atoms with Crippen LogP contribution in [0.3, 0.4) is 0 Å². The molecule has 0 atom stereocenters. The third-order valence-electron chi connectivity index (χ3n) is 3.25. The Kier molecular flexibility index (Phi) is 3.94. The molecule has 1 aliphatic carbocycles. The van der Waals surface area contributed by atoms with Crippen molar-refractivity contribution in [1.29, 1.82) is 0 Å². The van der Waals surface area contributed by atoms with E-state index in [1.54, 1.807) is 12.3 Å². The lowest BCUT2D eigenvalue weighted by Gasteiger charge is -2.07. The highest BCUT2D eigenvalue weighted by molar-refractivity contribution is 6.30. The van der Waals surface area contributed by atoms with Gasteiger partial charge in [0.05, 0.1) is 17.8 Å². The Hall–Kier alpha value is -1.52. The normalized spacial score (nSPS) is 14.5. The van der Waals surface area contributed by atoms with Crippen LogP contribution >= 0.6 is 11.6 Å². The van der Waals surface area contributed by atoms with Crippen LogP contribution in [0, 0.1) is 5.82 Å². The molecule has 1 aromatic heterocycles. The molecule has 3 rings (SSSR count). The monoisotopic (exact) mass is 295 g/mol. The molecule has 0 radical (unpaired) electrons. The van der Waals surface area contributed by atoms with Crippen molar-refractivity contribution in [3.63, 3.8) is 0 Å². The highest BCUT2D eigenvalue weighted by Crippen LogP contribution is 2.23. The molecule has 0 unspecified atom stereocenters. The van der Waals surface area contributed by atoms with Crippen LogP contribution in [0.25, 0.3) is 0 Å². The second kappa shape index (κ2) is 5.85. The Morgan fingerprint density at radius 2 is 2.20 bits per heavy atom. The van der Waals surface area contributed by atoms with Crippen molar-refractivity contribution < 1.29 is 13.5 Å². The molecule has 5 heteroatoms. The van der Waals surface area contributed by atoms with E-state index < -0.39 is 5.82 Å². The van der Waals surface area contributed by atoms with Gasteiger partial charge in [0.25, 0.3) is 0 Å². The van der Waals surface area contributed by atoms with E-state index in [-0.39, 0.29) is 5.02 Å². The van der Waals surface area contributed by atoms with Gasteiger partial charge in [0.15, 0.2) is 0 Å². The molecule has 0 amide bonds. The Labute approximate surface area is 121 Å². The van der Waals surface area contributed by atoms with Gasteiger partial charge < -0.3 is 14.5 Å². The van der Waals surface area contributed by atoms with Crippen LogP contribution in [-0.2, 0) is 13.2 Å². The zero-order chi connectivity index (χ0) is 13.9. The predicted molar refractivity (Wildman–Crippen MR) is 74.3 cm³/mol. The summed E-state index contributed by atoms with van der Waals surface area (Å²) in [6.07, 6.45) is 4.11. The first-order valence-corrected chi connectivity index (χ1v) is 6.96. The van der Waals surface area contributed by atoms with Gasteiger partial charge in [-0.25, -0.2) is 4.39 Å². The van der Waals surface area contributed by atoms with Crippen molar-refractivity contribution in [2.24, 2.45) is 0 Å². The van der Waals surface area contributed by atoms with Crippen LogP contribution in [0.1, 0.15) is 24.2 Å². The summed E-state index contributed by atoms with van der Waals surface area (Å²) < 4.78 is 24.3. The van der Waals surface area contributed by atoms with Crippen molar-refractivity contribution in [2.75, 3.05) is 0 Å². The van der Waals surface area contributed by atoms with Gasteiger partial charge >= 0.3 is 0 Å². The molecule has 2 aromatic rings. The molecule has 0 spiro atoms. The zero-order valence-corrected chi connectivity index (χ0v) is 11.6. The van der Waals surface area contributed by atoms with Gasteiger partial charge in [-0.2, -0.15) is 0 Å². The van der Waals surface area contributed by atoms with E-state index in [0.717, 1.165) is 11.3 Å². The molecule has 3 nitrogen and oxygen atoms in total. The van der Waals surface area contributed by atoms with Gasteiger partial charge in [-0.05, 0) is 31.0 Å². The van der Waals surface area contributed by atoms with E-state index in [0.29, 0.717) is 24.9 Å². The van der Waals surface area contributed by atoms with Crippen LogP contribution in [0.15, 0.2) is 34.9 Å². The Bertz CT molecular complexity index is 595. The number of ether oxygens (including phenoxy) is 1.